The molecule has 0 aliphatic heterocycles. The summed E-state index contributed by atoms with van der Waals surface area (Å²) in [6, 6.07) is 5.48. The van der Waals surface area contributed by atoms with Gasteiger partial charge in [0.2, 0.25) is 10.0 Å². The maximum atomic E-state index is 13.6. The highest BCUT2D eigenvalue weighted by Crippen LogP contribution is 2.19. The largest absolute Gasteiger partial charge is 0.246 e. The molecule has 0 aromatic heterocycles. The minimum absolute atomic E-state index is 0.248. The van der Waals surface area contributed by atoms with Crippen molar-refractivity contribution in [1.82, 2.24) is 4.31 Å². The SMILES string of the molecule is CCCCN(CCBr)S(=O)(=O)c1ccccc1F. The second-order valence-electron chi connectivity index (χ2n) is 3.88. The number of unbranched alkanes of at least 4 members (excludes halogenated alkanes) is 1. The molecule has 0 aliphatic carbocycles. The second kappa shape index (κ2) is 7.21. The maximum absolute atomic E-state index is 13.6. The Morgan fingerprint density at radius 2 is 1.94 bits per heavy atom. The fourth-order valence-electron chi connectivity index (χ4n) is 1.57. The van der Waals surface area contributed by atoms with Gasteiger partial charge in [-0.3, -0.25) is 0 Å². The third kappa shape index (κ3) is 3.76. The molecule has 0 heterocycles. The lowest BCUT2D eigenvalue weighted by molar-refractivity contribution is 0.418. The van der Waals surface area contributed by atoms with E-state index < -0.39 is 15.8 Å². The fourth-order valence-corrected chi connectivity index (χ4v) is 3.78. The highest BCUT2D eigenvalue weighted by atomic mass is 79.9. The molecule has 6 heteroatoms. The van der Waals surface area contributed by atoms with Crippen LogP contribution in [0.15, 0.2) is 29.2 Å². The Hall–Kier alpha value is -0.460. The fraction of sp³-hybridized carbons (Fsp3) is 0.500. The first kappa shape index (κ1) is 15.6. The van der Waals surface area contributed by atoms with Crippen LogP contribution in [0.1, 0.15) is 19.8 Å². The Labute approximate surface area is 116 Å². The summed E-state index contributed by atoms with van der Waals surface area (Å²) in [7, 11) is -3.74. The van der Waals surface area contributed by atoms with Crippen molar-refractivity contribution in [3.05, 3.63) is 30.1 Å². The highest BCUT2D eigenvalue weighted by Gasteiger charge is 2.26. The molecule has 0 fully saturated rings. The van der Waals surface area contributed by atoms with E-state index in [4.69, 9.17) is 0 Å². The molecule has 1 aromatic carbocycles. The van der Waals surface area contributed by atoms with Gasteiger partial charge in [-0.25, -0.2) is 12.8 Å². The van der Waals surface area contributed by atoms with Crippen LogP contribution in [0.4, 0.5) is 4.39 Å². The standard InChI is InChI=1S/C12H17BrFNO2S/c1-2-3-9-15(10-8-13)18(16,17)12-7-5-4-6-11(12)14/h4-7H,2-3,8-10H2,1H3. The molecule has 0 saturated heterocycles. The van der Waals surface area contributed by atoms with Crippen molar-refractivity contribution in [2.45, 2.75) is 24.7 Å². The molecule has 0 aliphatic rings. The van der Waals surface area contributed by atoms with E-state index >= 15 is 0 Å². The van der Waals surface area contributed by atoms with Crippen LogP contribution >= 0.6 is 15.9 Å². The molecule has 0 unspecified atom stereocenters. The summed E-state index contributed by atoms with van der Waals surface area (Å²) < 4.78 is 39.5. The predicted molar refractivity (Wildman–Crippen MR) is 73.9 cm³/mol. The van der Waals surface area contributed by atoms with Crippen LogP contribution in [0.5, 0.6) is 0 Å². The number of halogens is 2. The van der Waals surface area contributed by atoms with Gasteiger partial charge >= 0.3 is 0 Å². The van der Waals surface area contributed by atoms with Crippen molar-refractivity contribution >= 4 is 26.0 Å². The summed E-state index contributed by atoms with van der Waals surface area (Å²) in [5, 5.41) is 0.532. The topological polar surface area (TPSA) is 37.4 Å². The molecule has 0 bridgehead atoms. The number of hydrogen-bond acceptors (Lipinski definition) is 2. The highest BCUT2D eigenvalue weighted by molar-refractivity contribution is 9.09. The van der Waals surface area contributed by atoms with Gasteiger partial charge in [-0.1, -0.05) is 41.4 Å². The van der Waals surface area contributed by atoms with Crippen molar-refractivity contribution in [2.75, 3.05) is 18.4 Å². The number of rotatable bonds is 7. The summed E-state index contributed by atoms with van der Waals surface area (Å²) in [4.78, 5) is -0.248. The van der Waals surface area contributed by atoms with Gasteiger partial charge in [-0.15, -0.1) is 0 Å². The normalized spacial score (nSPS) is 12.0. The van der Waals surface area contributed by atoms with Gasteiger partial charge < -0.3 is 0 Å². The number of sulfonamides is 1. The lowest BCUT2D eigenvalue weighted by atomic mass is 10.3. The van der Waals surface area contributed by atoms with Crippen molar-refractivity contribution in [1.29, 1.82) is 0 Å². The van der Waals surface area contributed by atoms with Crippen LogP contribution < -0.4 is 0 Å². The Morgan fingerprint density at radius 1 is 1.28 bits per heavy atom. The van der Waals surface area contributed by atoms with E-state index in [0.717, 1.165) is 12.8 Å². The lowest BCUT2D eigenvalue weighted by Gasteiger charge is -2.21. The molecular formula is C12H17BrFNO2S. The van der Waals surface area contributed by atoms with Crippen LogP contribution in [0.3, 0.4) is 0 Å². The second-order valence-corrected chi connectivity index (χ2v) is 6.58. The quantitative estimate of drug-likeness (QED) is 0.717. The van der Waals surface area contributed by atoms with Gasteiger partial charge in [0.1, 0.15) is 10.7 Å². The van der Waals surface area contributed by atoms with Crippen molar-refractivity contribution in [2.24, 2.45) is 0 Å². The van der Waals surface area contributed by atoms with Gasteiger partial charge in [-0.2, -0.15) is 4.31 Å². The van der Waals surface area contributed by atoms with Crippen LogP contribution in [0.2, 0.25) is 0 Å². The number of benzene rings is 1. The molecule has 0 saturated carbocycles. The third-order valence-electron chi connectivity index (χ3n) is 2.55. The van der Waals surface area contributed by atoms with E-state index in [-0.39, 0.29) is 4.90 Å². The third-order valence-corrected chi connectivity index (χ3v) is 4.84. The summed E-state index contributed by atoms with van der Waals surface area (Å²) >= 11 is 3.23. The average Bonchev–Trinajstić information content (AvgIpc) is 2.34. The van der Waals surface area contributed by atoms with E-state index in [1.807, 2.05) is 6.92 Å². The monoisotopic (exact) mass is 337 g/mol. The molecule has 0 spiro atoms. The van der Waals surface area contributed by atoms with Gasteiger partial charge in [-0.05, 0) is 18.6 Å². The molecule has 18 heavy (non-hydrogen) atoms. The first-order valence-electron chi connectivity index (χ1n) is 5.84. The predicted octanol–water partition coefficient (Wildman–Crippen LogP) is 3.01. The summed E-state index contributed by atoms with van der Waals surface area (Å²) in [6.45, 7) is 2.75. The zero-order valence-electron chi connectivity index (χ0n) is 10.3. The first-order chi connectivity index (χ1) is 8.54. The summed E-state index contributed by atoms with van der Waals surface area (Å²) in [5.41, 5.74) is 0. The smallest absolute Gasteiger partial charge is 0.207 e. The van der Waals surface area contributed by atoms with Gasteiger partial charge in [0.15, 0.2) is 0 Å². The van der Waals surface area contributed by atoms with Crippen molar-refractivity contribution in [3.63, 3.8) is 0 Å². The van der Waals surface area contributed by atoms with E-state index in [2.05, 4.69) is 15.9 Å². The molecule has 0 N–H and O–H groups in total. The number of nitrogens with zero attached hydrogens (tertiary/aromatic N) is 1. The first-order valence-corrected chi connectivity index (χ1v) is 8.40. The zero-order chi connectivity index (χ0) is 13.6. The zero-order valence-corrected chi connectivity index (χ0v) is 12.7. The minimum Gasteiger partial charge on any atom is -0.207 e. The Morgan fingerprint density at radius 3 is 2.50 bits per heavy atom. The van der Waals surface area contributed by atoms with Gasteiger partial charge in [0.05, 0.1) is 0 Å². The Kier molecular flexibility index (Phi) is 6.25. The maximum Gasteiger partial charge on any atom is 0.246 e. The summed E-state index contributed by atoms with van der Waals surface area (Å²) in [6.07, 6.45) is 1.66. The van der Waals surface area contributed by atoms with E-state index in [1.165, 1.54) is 28.6 Å². The number of alkyl halides is 1. The van der Waals surface area contributed by atoms with Gasteiger partial charge in [0, 0.05) is 18.4 Å². The van der Waals surface area contributed by atoms with Crippen LogP contribution in [0, 0.1) is 5.82 Å². The minimum atomic E-state index is -3.74. The van der Waals surface area contributed by atoms with Gasteiger partial charge in [0.25, 0.3) is 0 Å². The molecule has 102 valence electrons. The van der Waals surface area contributed by atoms with E-state index in [1.54, 1.807) is 0 Å². The molecule has 1 rings (SSSR count). The van der Waals surface area contributed by atoms with Crippen molar-refractivity contribution in [3.8, 4) is 0 Å². The van der Waals surface area contributed by atoms with Crippen LogP contribution in [-0.2, 0) is 10.0 Å². The molecule has 0 atom stereocenters. The average molecular weight is 338 g/mol. The number of hydrogen-bond donors (Lipinski definition) is 0. The molecular weight excluding hydrogens is 321 g/mol. The van der Waals surface area contributed by atoms with Crippen LogP contribution in [0.25, 0.3) is 0 Å². The lowest BCUT2D eigenvalue weighted by Crippen LogP contribution is -2.34. The van der Waals surface area contributed by atoms with E-state index in [9.17, 15) is 12.8 Å². The molecule has 1 aromatic rings. The van der Waals surface area contributed by atoms with Crippen LogP contribution in [-0.4, -0.2) is 31.1 Å². The molecule has 3 nitrogen and oxygen atoms in total. The summed E-state index contributed by atoms with van der Waals surface area (Å²) in [5.74, 6) is -0.700. The van der Waals surface area contributed by atoms with E-state index in [0.29, 0.717) is 18.4 Å². The molecule has 0 radical (unpaired) electrons. The molecule has 0 amide bonds. The Balaban J connectivity index is 3.05. The Bertz CT molecular complexity index is 479. The van der Waals surface area contributed by atoms with Crippen molar-refractivity contribution < 1.29 is 12.8 Å².